The summed E-state index contributed by atoms with van der Waals surface area (Å²) in [6, 6.07) is 3.94. The van der Waals surface area contributed by atoms with Crippen LogP contribution in [0.3, 0.4) is 0 Å². The molecule has 1 atom stereocenters. The van der Waals surface area contributed by atoms with E-state index < -0.39 is 50.0 Å². The van der Waals surface area contributed by atoms with Gasteiger partial charge in [-0.15, -0.1) is 0 Å². The molecule has 42 heavy (non-hydrogen) atoms. The number of halogens is 3. The van der Waals surface area contributed by atoms with Crippen molar-refractivity contribution in [2.45, 2.75) is 35.0 Å². The molecule has 0 amide bonds. The van der Waals surface area contributed by atoms with Crippen molar-refractivity contribution in [3.05, 3.63) is 52.3 Å². The van der Waals surface area contributed by atoms with Gasteiger partial charge in [0.05, 0.1) is 10.2 Å². The number of anilines is 2. The van der Waals surface area contributed by atoms with Gasteiger partial charge in [-0.3, -0.25) is 15.8 Å². The van der Waals surface area contributed by atoms with Gasteiger partial charge in [-0.25, -0.2) is 18.4 Å². The summed E-state index contributed by atoms with van der Waals surface area (Å²) in [4.78, 5) is 27.0. The van der Waals surface area contributed by atoms with Gasteiger partial charge < -0.3 is 25.2 Å². The van der Waals surface area contributed by atoms with Crippen LogP contribution in [-0.4, -0.2) is 86.4 Å². The molecule has 228 valence electrons. The van der Waals surface area contributed by atoms with E-state index in [0.717, 1.165) is 6.07 Å². The highest BCUT2D eigenvalue weighted by Crippen LogP contribution is 2.38. The van der Waals surface area contributed by atoms with Crippen molar-refractivity contribution in [3.63, 3.8) is 0 Å². The van der Waals surface area contributed by atoms with Gasteiger partial charge >= 0.3 is 11.9 Å². The van der Waals surface area contributed by atoms with Crippen LogP contribution in [0.25, 0.3) is 0 Å². The number of nitrogens with two attached hydrogens (primary N) is 1. The molecule has 3 heterocycles. The lowest BCUT2D eigenvalue weighted by Gasteiger charge is -2.28. The van der Waals surface area contributed by atoms with Crippen LogP contribution in [0, 0.1) is 10.1 Å². The SMILES string of the molecule is CN(C)CCN(C)c1nc(OCC(F)(F)F)c(NC2=NC(N)(c3cccnc3S(=O)(=O)C3CC3)C=CN2)cc1[N+](=O)[O-]. The number of hydrogen-bond donors (Lipinski definition) is 3. The van der Waals surface area contributed by atoms with Crippen LogP contribution < -0.4 is 26.0 Å². The first-order valence-electron chi connectivity index (χ1n) is 12.6. The molecule has 0 bridgehead atoms. The molecule has 4 rings (SSSR count). The normalized spacial score (nSPS) is 18.8. The lowest BCUT2D eigenvalue weighted by molar-refractivity contribution is -0.384. The second-order valence-corrected chi connectivity index (χ2v) is 12.2. The molecule has 0 aromatic carbocycles. The number of aliphatic imine (C=N–C) groups is 1. The van der Waals surface area contributed by atoms with Crippen molar-refractivity contribution in [1.29, 1.82) is 0 Å². The van der Waals surface area contributed by atoms with E-state index in [2.05, 4.69) is 25.6 Å². The van der Waals surface area contributed by atoms with Crippen LogP contribution in [0.1, 0.15) is 18.4 Å². The number of aromatic nitrogens is 2. The van der Waals surface area contributed by atoms with Crippen LogP contribution in [0.4, 0.5) is 30.4 Å². The zero-order valence-corrected chi connectivity index (χ0v) is 23.7. The Morgan fingerprint density at radius 3 is 2.62 bits per heavy atom. The van der Waals surface area contributed by atoms with Gasteiger partial charge in [0, 0.05) is 44.2 Å². The first kappa shape index (κ1) is 30.9. The molecule has 4 N–H and O–H groups in total. The molecule has 0 spiro atoms. The standard InChI is InChI=1S/C24H30F3N9O5S/c1-34(2)11-12-35(3)19-18(36(37)38)13-17(20(32-19)41-14-24(25,26)27)31-22-30-10-8-23(28,33-22)16-5-4-9-29-21(16)42(39,40)15-6-7-15/h4-5,8-10,13,15H,6-7,11-12,14,28H2,1-3H3,(H2,30,31,33). The van der Waals surface area contributed by atoms with Gasteiger partial charge in [0.15, 0.2) is 27.1 Å². The van der Waals surface area contributed by atoms with E-state index in [0.29, 0.717) is 19.4 Å². The second kappa shape index (κ2) is 11.7. The number of nitro groups is 1. The average Bonchev–Trinajstić information content (AvgIpc) is 3.77. The van der Waals surface area contributed by atoms with E-state index in [9.17, 15) is 31.7 Å². The fraction of sp³-hybridized carbons (Fsp3) is 0.458. The third-order valence-corrected chi connectivity index (χ3v) is 8.52. The van der Waals surface area contributed by atoms with Gasteiger partial charge in [-0.05, 0) is 39.1 Å². The maximum Gasteiger partial charge on any atom is 0.422 e. The third-order valence-electron chi connectivity index (χ3n) is 6.30. The van der Waals surface area contributed by atoms with Crippen molar-refractivity contribution in [1.82, 2.24) is 20.2 Å². The number of rotatable bonds is 11. The maximum absolute atomic E-state index is 13.1. The minimum Gasteiger partial charge on any atom is -0.466 e. The molecule has 1 aliphatic heterocycles. The molecular weight excluding hydrogens is 583 g/mol. The highest BCUT2D eigenvalue weighted by molar-refractivity contribution is 7.92. The van der Waals surface area contributed by atoms with Crippen LogP contribution in [0.2, 0.25) is 0 Å². The number of nitrogens with zero attached hydrogens (tertiary/aromatic N) is 6. The average molecular weight is 614 g/mol. The summed E-state index contributed by atoms with van der Waals surface area (Å²) in [6.07, 6.45) is 0.314. The summed E-state index contributed by atoms with van der Waals surface area (Å²) in [5.41, 5.74) is 4.02. The van der Waals surface area contributed by atoms with Crippen LogP contribution in [-0.2, 0) is 15.5 Å². The number of nitrogens with one attached hydrogen (secondary N) is 2. The van der Waals surface area contributed by atoms with E-state index in [-0.39, 0.29) is 34.6 Å². The second-order valence-electron chi connectivity index (χ2n) is 10.1. The molecule has 18 heteroatoms. The molecule has 2 aromatic heterocycles. The Balaban J connectivity index is 1.74. The Hall–Kier alpha value is -4.03. The number of alkyl halides is 3. The Morgan fingerprint density at radius 1 is 1.29 bits per heavy atom. The molecule has 1 saturated carbocycles. The van der Waals surface area contributed by atoms with Crippen molar-refractivity contribution < 1.29 is 31.2 Å². The molecule has 0 radical (unpaired) electrons. The summed E-state index contributed by atoms with van der Waals surface area (Å²) in [5, 5.41) is 16.5. The third kappa shape index (κ3) is 7.05. The van der Waals surface area contributed by atoms with Gasteiger partial charge in [0.25, 0.3) is 0 Å². The number of hydrogen-bond acceptors (Lipinski definition) is 13. The molecule has 2 aromatic rings. The van der Waals surface area contributed by atoms with Crippen molar-refractivity contribution >= 4 is 33.0 Å². The lowest BCUT2D eigenvalue weighted by Crippen LogP contribution is -2.43. The Bertz CT molecular complexity index is 1510. The number of sulfone groups is 1. The molecular formula is C24H30F3N9O5S. The monoisotopic (exact) mass is 613 g/mol. The van der Waals surface area contributed by atoms with Gasteiger partial charge in [-0.1, -0.05) is 6.07 Å². The zero-order chi connectivity index (χ0) is 30.9. The topological polar surface area (TPSA) is 181 Å². The number of pyridine rings is 2. The van der Waals surface area contributed by atoms with E-state index in [1.807, 2.05) is 4.90 Å². The summed E-state index contributed by atoms with van der Waals surface area (Å²) in [6.45, 7) is -0.961. The van der Waals surface area contributed by atoms with Gasteiger partial charge in [0.1, 0.15) is 5.69 Å². The predicted octanol–water partition coefficient (Wildman–Crippen LogP) is 1.96. The Morgan fingerprint density at radius 2 is 2.00 bits per heavy atom. The summed E-state index contributed by atoms with van der Waals surface area (Å²) in [7, 11) is 1.32. The predicted molar refractivity (Wildman–Crippen MR) is 148 cm³/mol. The fourth-order valence-electron chi connectivity index (χ4n) is 4.00. The molecule has 1 aliphatic carbocycles. The minimum atomic E-state index is -4.72. The van der Waals surface area contributed by atoms with Crippen molar-refractivity contribution in [3.8, 4) is 5.88 Å². The zero-order valence-electron chi connectivity index (χ0n) is 22.9. The summed E-state index contributed by atoms with van der Waals surface area (Å²) in [5.74, 6) is -0.952. The Labute approximate surface area is 239 Å². The highest BCUT2D eigenvalue weighted by Gasteiger charge is 2.42. The lowest BCUT2D eigenvalue weighted by atomic mass is 10.0. The van der Waals surface area contributed by atoms with Crippen molar-refractivity contribution in [2.75, 3.05) is 51.1 Å². The summed E-state index contributed by atoms with van der Waals surface area (Å²) >= 11 is 0. The van der Waals surface area contributed by atoms with E-state index in [1.54, 1.807) is 14.1 Å². The fourth-order valence-corrected chi connectivity index (χ4v) is 5.82. The number of guanidine groups is 1. The highest BCUT2D eigenvalue weighted by atomic mass is 32.2. The molecule has 1 unspecified atom stereocenters. The number of likely N-dealkylation sites (N-methyl/N-ethyl adjacent to an activating group) is 2. The minimum absolute atomic E-state index is 0.0736. The smallest absolute Gasteiger partial charge is 0.422 e. The summed E-state index contributed by atoms with van der Waals surface area (Å²) < 4.78 is 70.3. The first-order valence-corrected chi connectivity index (χ1v) is 14.2. The Kier molecular flexibility index (Phi) is 8.60. The molecule has 14 nitrogen and oxygen atoms in total. The van der Waals surface area contributed by atoms with Gasteiger partial charge in [0.2, 0.25) is 17.7 Å². The molecule has 2 aliphatic rings. The number of ether oxygens (including phenoxy) is 1. The quantitative estimate of drug-likeness (QED) is 0.248. The van der Waals surface area contributed by atoms with Crippen LogP contribution in [0.15, 0.2) is 46.7 Å². The van der Waals surface area contributed by atoms with Crippen LogP contribution in [0.5, 0.6) is 5.88 Å². The van der Waals surface area contributed by atoms with E-state index in [1.165, 1.54) is 42.6 Å². The van der Waals surface area contributed by atoms with Crippen molar-refractivity contribution in [2.24, 2.45) is 10.7 Å². The maximum atomic E-state index is 13.1. The van der Waals surface area contributed by atoms with E-state index >= 15 is 0 Å². The van der Waals surface area contributed by atoms with Crippen LogP contribution >= 0.6 is 0 Å². The molecule has 0 saturated heterocycles. The first-order chi connectivity index (χ1) is 19.6. The van der Waals surface area contributed by atoms with Gasteiger partial charge in [-0.2, -0.15) is 18.2 Å². The molecule has 1 fully saturated rings. The van der Waals surface area contributed by atoms with E-state index in [4.69, 9.17) is 10.5 Å². The largest absolute Gasteiger partial charge is 0.466 e.